The Labute approximate surface area is 88.2 Å². The first-order valence-electron chi connectivity index (χ1n) is 5.05. The number of nitrogens with one attached hydrogen (secondary N) is 1. The van der Waals surface area contributed by atoms with E-state index in [1.54, 1.807) is 0 Å². The third-order valence-corrected chi connectivity index (χ3v) is 1.98. The number of unbranched alkanes of at least 4 members (excludes halogenated alkanes) is 3. The van der Waals surface area contributed by atoms with Gasteiger partial charge in [0.15, 0.2) is 6.10 Å². The maximum Gasteiger partial charge on any atom is 0.415 e. The molecular weight excluding hydrogens is 207 g/mol. The third-order valence-electron chi connectivity index (χ3n) is 1.98. The van der Waals surface area contributed by atoms with Crippen molar-refractivity contribution in [3.05, 3.63) is 12.7 Å². The molecule has 0 aromatic heterocycles. The van der Waals surface area contributed by atoms with Crippen LogP contribution in [0.3, 0.4) is 0 Å². The highest BCUT2D eigenvalue weighted by Gasteiger charge is 2.37. The standard InChI is InChI=1S/C10H18F3NO/c1-2-3-4-5-6-7-14-8-9(15)10(11,12)13/h2,9,14-15H,1,3-8H2. The molecule has 0 aromatic carbocycles. The Morgan fingerprint density at radius 2 is 1.93 bits per heavy atom. The minimum Gasteiger partial charge on any atom is -0.382 e. The Kier molecular flexibility index (Phi) is 7.42. The lowest BCUT2D eigenvalue weighted by atomic mass is 10.2. The van der Waals surface area contributed by atoms with Gasteiger partial charge in [-0.1, -0.05) is 12.5 Å². The first-order chi connectivity index (χ1) is 6.98. The van der Waals surface area contributed by atoms with Gasteiger partial charge in [0.2, 0.25) is 0 Å². The van der Waals surface area contributed by atoms with E-state index in [9.17, 15) is 13.2 Å². The fourth-order valence-electron chi connectivity index (χ4n) is 1.07. The fraction of sp³-hybridized carbons (Fsp3) is 0.800. The second-order valence-corrected chi connectivity index (χ2v) is 3.40. The van der Waals surface area contributed by atoms with Gasteiger partial charge in [0, 0.05) is 6.54 Å². The van der Waals surface area contributed by atoms with E-state index in [-0.39, 0.29) is 0 Å². The maximum absolute atomic E-state index is 11.8. The second kappa shape index (κ2) is 7.70. The molecule has 1 unspecified atom stereocenters. The molecule has 0 rings (SSSR count). The second-order valence-electron chi connectivity index (χ2n) is 3.40. The van der Waals surface area contributed by atoms with Crippen LogP contribution in [0, 0.1) is 0 Å². The molecule has 0 heterocycles. The minimum atomic E-state index is -4.52. The third kappa shape index (κ3) is 8.44. The van der Waals surface area contributed by atoms with Crippen molar-refractivity contribution in [2.45, 2.75) is 38.0 Å². The van der Waals surface area contributed by atoms with Crippen molar-refractivity contribution in [3.8, 4) is 0 Å². The lowest BCUT2D eigenvalue weighted by Gasteiger charge is -2.14. The molecule has 15 heavy (non-hydrogen) atoms. The molecule has 1 atom stereocenters. The molecule has 0 spiro atoms. The van der Waals surface area contributed by atoms with Crippen molar-refractivity contribution < 1.29 is 18.3 Å². The molecule has 0 aromatic rings. The van der Waals surface area contributed by atoms with Gasteiger partial charge in [0.25, 0.3) is 0 Å². The molecule has 0 aliphatic carbocycles. The van der Waals surface area contributed by atoms with Gasteiger partial charge < -0.3 is 10.4 Å². The van der Waals surface area contributed by atoms with Gasteiger partial charge >= 0.3 is 6.18 Å². The Balaban J connectivity index is 3.27. The molecule has 0 fully saturated rings. The Morgan fingerprint density at radius 1 is 1.27 bits per heavy atom. The average Bonchev–Trinajstić information content (AvgIpc) is 2.14. The van der Waals surface area contributed by atoms with Crippen LogP contribution >= 0.6 is 0 Å². The van der Waals surface area contributed by atoms with Gasteiger partial charge in [0.1, 0.15) is 0 Å². The van der Waals surface area contributed by atoms with Crippen LogP contribution in [0.15, 0.2) is 12.7 Å². The minimum absolute atomic E-state index is 0.426. The number of halogens is 3. The van der Waals surface area contributed by atoms with E-state index >= 15 is 0 Å². The fourth-order valence-corrected chi connectivity index (χ4v) is 1.07. The zero-order chi connectivity index (χ0) is 11.7. The van der Waals surface area contributed by atoms with Crippen LogP contribution in [0.25, 0.3) is 0 Å². The molecule has 0 aliphatic rings. The SMILES string of the molecule is C=CCCCCCNCC(O)C(F)(F)F. The zero-order valence-corrected chi connectivity index (χ0v) is 8.69. The Hall–Kier alpha value is -0.550. The summed E-state index contributed by atoms with van der Waals surface area (Å²) in [5, 5.41) is 11.2. The number of allylic oxidation sites excluding steroid dienone is 1. The van der Waals surface area contributed by atoms with Gasteiger partial charge in [-0.15, -0.1) is 6.58 Å². The molecule has 0 saturated heterocycles. The highest BCUT2D eigenvalue weighted by Crippen LogP contribution is 2.19. The molecule has 5 heteroatoms. The monoisotopic (exact) mass is 225 g/mol. The van der Waals surface area contributed by atoms with Crippen molar-refractivity contribution in [1.82, 2.24) is 5.32 Å². The summed E-state index contributed by atoms with van der Waals surface area (Å²) in [6, 6.07) is 0. The van der Waals surface area contributed by atoms with Crippen LogP contribution in [0.5, 0.6) is 0 Å². The molecular formula is C10H18F3NO. The van der Waals surface area contributed by atoms with Crippen LogP contribution in [0.4, 0.5) is 13.2 Å². The molecule has 0 radical (unpaired) electrons. The summed E-state index contributed by atoms with van der Waals surface area (Å²) < 4.78 is 35.5. The van der Waals surface area contributed by atoms with Crippen molar-refractivity contribution >= 4 is 0 Å². The highest BCUT2D eigenvalue weighted by molar-refractivity contribution is 4.68. The number of aliphatic hydroxyl groups excluding tert-OH is 1. The van der Waals surface area contributed by atoms with Gasteiger partial charge in [-0.3, -0.25) is 0 Å². The summed E-state index contributed by atoms with van der Waals surface area (Å²) in [6.07, 6.45) is -1.24. The summed E-state index contributed by atoms with van der Waals surface area (Å²) in [4.78, 5) is 0. The summed E-state index contributed by atoms with van der Waals surface area (Å²) >= 11 is 0. The van der Waals surface area contributed by atoms with Gasteiger partial charge in [-0.05, 0) is 25.8 Å². The molecule has 0 saturated carbocycles. The summed E-state index contributed by atoms with van der Waals surface area (Å²) in [5.41, 5.74) is 0. The first kappa shape index (κ1) is 14.5. The maximum atomic E-state index is 11.8. The van der Waals surface area contributed by atoms with Crippen LogP contribution < -0.4 is 5.32 Å². The largest absolute Gasteiger partial charge is 0.415 e. The van der Waals surface area contributed by atoms with E-state index in [4.69, 9.17) is 5.11 Å². The molecule has 0 aliphatic heterocycles. The number of rotatable bonds is 8. The number of alkyl halides is 3. The normalized spacial score (nSPS) is 13.9. The predicted molar refractivity (Wildman–Crippen MR) is 53.6 cm³/mol. The van der Waals surface area contributed by atoms with E-state index in [1.165, 1.54) is 0 Å². The van der Waals surface area contributed by atoms with Crippen molar-refractivity contribution in [1.29, 1.82) is 0 Å². The van der Waals surface area contributed by atoms with E-state index in [1.807, 2.05) is 6.08 Å². The van der Waals surface area contributed by atoms with Crippen LogP contribution in [0.1, 0.15) is 25.7 Å². The summed E-state index contributed by atoms with van der Waals surface area (Å²) in [6.45, 7) is 3.65. The van der Waals surface area contributed by atoms with Crippen LogP contribution in [-0.2, 0) is 0 Å². The van der Waals surface area contributed by atoms with Gasteiger partial charge in [0.05, 0.1) is 0 Å². The Bertz CT molecular complexity index is 171. The van der Waals surface area contributed by atoms with Gasteiger partial charge in [-0.25, -0.2) is 0 Å². The lowest BCUT2D eigenvalue weighted by Crippen LogP contribution is -2.38. The smallest absolute Gasteiger partial charge is 0.382 e. The average molecular weight is 225 g/mol. The van der Waals surface area contributed by atoms with Crippen LogP contribution in [-0.4, -0.2) is 30.5 Å². The molecule has 0 amide bonds. The zero-order valence-electron chi connectivity index (χ0n) is 8.69. The predicted octanol–water partition coefficient (Wildman–Crippen LogP) is 2.25. The van der Waals surface area contributed by atoms with Crippen molar-refractivity contribution in [2.24, 2.45) is 0 Å². The number of hydrogen-bond acceptors (Lipinski definition) is 2. The number of aliphatic hydroxyl groups is 1. The first-order valence-corrected chi connectivity index (χ1v) is 5.05. The van der Waals surface area contributed by atoms with Crippen molar-refractivity contribution in [2.75, 3.05) is 13.1 Å². The van der Waals surface area contributed by atoms with E-state index in [2.05, 4.69) is 11.9 Å². The highest BCUT2D eigenvalue weighted by atomic mass is 19.4. The van der Waals surface area contributed by atoms with E-state index in [0.29, 0.717) is 6.54 Å². The Morgan fingerprint density at radius 3 is 2.47 bits per heavy atom. The quantitative estimate of drug-likeness (QED) is 0.490. The van der Waals surface area contributed by atoms with E-state index in [0.717, 1.165) is 25.7 Å². The number of hydrogen-bond donors (Lipinski definition) is 2. The lowest BCUT2D eigenvalue weighted by molar-refractivity contribution is -0.201. The van der Waals surface area contributed by atoms with Crippen LogP contribution in [0.2, 0.25) is 0 Å². The van der Waals surface area contributed by atoms with E-state index < -0.39 is 18.8 Å². The molecule has 90 valence electrons. The molecule has 2 N–H and O–H groups in total. The van der Waals surface area contributed by atoms with Crippen molar-refractivity contribution in [3.63, 3.8) is 0 Å². The molecule has 2 nitrogen and oxygen atoms in total. The molecule has 0 bridgehead atoms. The topological polar surface area (TPSA) is 32.3 Å². The summed E-state index contributed by atoms with van der Waals surface area (Å²) in [7, 11) is 0. The summed E-state index contributed by atoms with van der Waals surface area (Å²) in [5.74, 6) is 0. The van der Waals surface area contributed by atoms with Gasteiger partial charge in [-0.2, -0.15) is 13.2 Å².